The van der Waals surface area contributed by atoms with E-state index in [-0.39, 0.29) is 0 Å². The number of carboxylic acid groups (broad SMARTS) is 1. The van der Waals surface area contributed by atoms with Gasteiger partial charge in [-0.05, 0) is 18.8 Å². The molecule has 1 aliphatic carbocycles. The van der Waals surface area contributed by atoms with Gasteiger partial charge in [-0.1, -0.05) is 25.7 Å². The molecule has 108 valence electrons. The molecule has 0 radical (unpaired) electrons. The molecule has 2 atom stereocenters. The summed E-state index contributed by atoms with van der Waals surface area (Å²) in [7, 11) is 0. The molecule has 5 nitrogen and oxygen atoms in total. The number of cyclic esters (lactones) is 1. The van der Waals surface area contributed by atoms with Crippen molar-refractivity contribution in [2.75, 3.05) is 0 Å². The van der Waals surface area contributed by atoms with Crippen LogP contribution in [0.15, 0.2) is 0 Å². The monoisotopic (exact) mass is 270 g/mol. The Kier molecular flexibility index (Phi) is 4.13. The van der Waals surface area contributed by atoms with Crippen LogP contribution in [0.25, 0.3) is 0 Å². The largest absolute Gasteiger partial charge is 0.481 e. The molecular weight excluding hydrogens is 248 g/mol. The SMILES string of the molecule is CC1(C)OC(=O)[C@H]([C@@H](CCC2CCCC2)C(=O)O)O1. The summed E-state index contributed by atoms with van der Waals surface area (Å²) in [5.41, 5.74) is 0. The third-order valence-corrected chi connectivity index (χ3v) is 4.03. The van der Waals surface area contributed by atoms with Gasteiger partial charge in [0, 0.05) is 13.8 Å². The van der Waals surface area contributed by atoms with Crippen LogP contribution in [0.5, 0.6) is 0 Å². The van der Waals surface area contributed by atoms with E-state index in [1.54, 1.807) is 13.8 Å². The summed E-state index contributed by atoms with van der Waals surface area (Å²) in [5.74, 6) is -2.73. The van der Waals surface area contributed by atoms with Gasteiger partial charge in [-0.2, -0.15) is 0 Å². The molecule has 1 N–H and O–H groups in total. The molecular formula is C14H22O5. The van der Waals surface area contributed by atoms with Crippen LogP contribution >= 0.6 is 0 Å². The van der Waals surface area contributed by atoms with Crippen LogP contribution in [0.2, 0.25) is 0 Å². The Balaban J connectivity index is 1.95. The van der Waals surface area contributed by atoms with Crippen molar-refractivity contribution in [1.29, 1.82) is 0 Å². The summed E-state index contributed by atoms with van der Waals surface area (Å²) >= 11 is 0. The van der Waals surface area contributed by atoms with Crippen LogP contribution in [0.4, 0.5) is 0 Å². The molecule has 0 aromatic rings. The fourth-order valence-corrected chi connectivity index (χ4v) is 3.04. The average Bonchev–Trinajstić information content (AvgIpc) is 2.87. The van der Waals surface area contributed by atoms with Crippen LogP contribution in [0.1, 0.15) is 52.4 Å². The molecule has 1 saturated carbocycles. The molecule has 2 aliphatic rings. The van der Waals surface area contributed by atoms with Crippen molar-refractivity contribution < 1.29 is 24.2 Å². The van der Waals surface area contributed by atoms with Gasteiger partial charge < -0.3 is 14.6 Å². The summed E-state index contributed by atoms with van der Waals surface area (Å²) < 4.78 is 10.5. The van der Waals surface area contributed by atoms with Crippen LogP contribution in [0.3, 0.4) is 0 Å². The second-order valence-electron chi connectivity index (χ2n) is 6.03. The molecule has 1 heterocycles. The van der Waals surface area contributed by atoms with Crippen molar-refractivity contribution in [3.05, 3.63) is 0 Å². The van der Waals surface area contributed by atoms with E-state index in [9.17, 15) is 14.7 Å². The molecule has 19 heavy (non-hydrogen) atoms. The predicted molar refractivity (Wildman–Crippen MR) is 67.4 cm³/mol. The van der Waals surface area contributed by atoms with E-state index < -0.39 is 29.7 Å². The van der Waals surface area contributed by atoms with E-state index in [0.717, 1.165) is 6.42 Å². The molecule has 2 fully saturated rings. The van der Waals surface area contributed by atoms with E-state index in [0.29, 0.717) is 12.3 Å². The Morgan fingerprint density at radius 1 is 1.42 bits per heavy atom. The second-order valence-corrected chi connectivity index (χ2v) is 6.03. The highest BCUT2D eigenvalue weighted by atomic mass is 16.8. The average molecular weight is 270 g/mol. The molecule has 0 bridgehead atoms. The lowest BCUT2D eigenvalue weighted by molar-refractivity contribution is -0.163. The molecule has 0 aromatic carbocycles. The number of carbonyl (C=O) groups excluding carboxylic acids is 1. The van der Waals surface area contributed by atoms with Crippen molar-refractivity contribution >= 4 is 11.9 Å². The molecule has 2 rings (SSSR count). The number of aliphatic carboxylic acids is 1. The fourth-order valence-electron chi connectivity index (χ4n) is 3.04. The summed E-state index contributed by atoms with van der Waals surface area (Å²) in [4.78, 5) is 23.1. The van der Waals surface area contributed by atoms with E-state index in [2.05, 4.69) is 0 Å². The van der Waals surface area contributed by atoms with Gasteiger partial charge >= 0.3 is 11.9 Å². The van der Waals surface area contributed by atoms with E-state index in [1.165, 1.54) is 25.7 Å². The maximum atomic E-state index is 11.7. The second kappa shape index (κ2) is 5.49. The zero-order chi connectivity index (χ0) is 14.0. The lowest BCUT2D eigenvalue weighted by Gasteiger charge is -2.20. The van der Waals surface area contributed by atoms with Crippen molar-refractivity contribution in [2.45, 2.75) is 64.3 Å². The first-order valence-corrected chi connectivity index (χ1v) is 7.02. The number of hydrogen-bond donors (Lipinski definition) is 1. The molecule has 5 heteroatoms. The number of hydrogen-bond acceptors (Lipinski definition) is 4. The number of ether oxygens (including phenoxy) is 2. The molecule has 0 amide bonds. The molecule has 1 saturated heterocycles. The van der Waals surface area contributed by atoms with E-state index >= 15 is 0 Å². The van der Waals surface area contributed by atoms with E-state index in [1.807, 2.05) is 0 Å². The maximum Gasteiger partial charge on any atom is 0.338 e. The molecule has 0 aromatic heterocycles. The molecule has 0 unspecified atom stereocenters. The predicted octanol–water partition coefficient (Wildman–Crippen LogP) is 2.34. The summed E-state index contributed by atoms with van der Waals surface area (Å²) in [6.45, 7) is 3.25. The van der Waals surface area contributed by atoms with Gasteiger partial charge in [0.15, 0.2) is 6.10 Å². The van der Waals surface area contributed by atoms with Crippen molar-refractivity contribution in [1.82, 2.24) is 0 Å². The van der Waals surface area contributed by atoms with Gasteiger partial charge in [0.25, 0.3) is 0 Å². The van der Waals surface area contributed by atoms with Crippen LogP contribution in [-0.4, -0.2) is 28.9 Å². The lowest BCUT2D eigenvalue weighted by atomic mass is 9.91. The van der Waals surface area contributed by atoms with E-state index in [4.69, 9.17) is 9.47 Å². The van der Waals surface area contributed by atoms with Crippen LogP contribution in [0, 0.1) is 11.8 Å². The number of esters is 1. The first-order valence-electron chi connectivity index (χ1n) is 7.02. The Bertz CT molecular complexity index is 357. The highest BCUT2D eigenvalue weighted by Crippen LogP contribution is 2.34. The first-order chi connectivity index (χ1) is 8.89. The smallest absolute Gasteiger partial charge is 0.338 e. The lowest BCUT2D eigenvalue weighted by Crippen LogP contribution is -2.34. The van der Waals surface area contributed by atoms with Crippen molar-refractivity contribution in [3.63, 3.8) is 0 Å². The highest BCUT2D eigenvalue weighted by Gasteiger charge is 2.47. The minimum atomic E-state index is -1.01. The quantitative estimate of drug-likeness (QED) is 0.776. The third-order valence-electron chi connectivity index (χ3n) is 4.03. The van der Waals surface area contributed by atoms with Crippen molar-refractivity contribution in [2.24, 2.45) is 11.8 Å². The zero-order valence-electron chi connectivity index (χ0n) is 11.6. The van der Waals surface area contributed by atoms with Crippen LogP contribution in [-0.2, 0) is 19.1 Å². The minimum absolute atomic E-state index is 0.482. The maximum absolute atomic E-state index is 11.7. The van der Waals surface area contributed by atoms with Crippen molar-refractivity contribution in [3.8, 4) is 0 Å². The van der Waals surface area contributed by atoms with Gasteiger partial charge in [-0.3, -0.25) is 4.79 Å². The Hall–Kier alpha value is -1.10. The Labute approximate surface area is 113 Å². The number of carboxylic acids is 1. The molecule has 1 aliphatic heterocycles. The normalized spacial score (nSPS) is 28.3. The van der Waals surface area contributed by atoms with Gasteiger partial charge in [0.1, 0.15) is 0 Å². The van der Waals surface area contributed by atoms with Gasteiger partial charge in [0.05, 0.1) is 5.92 Å². The summed E-state index contributed by atoms with van der Waals surface area (Å²) in [6, 6.07) is 0. The summed E-state index contributed by atoms with van der Waals surface area (Å²) in [5, 5.41) is 9.31. The van der Waals surface area contributed by atoms with Gasteiger partial charge in [-0.25, -0.2) is 4.79 Å². The Morgan fingerprint density at radius 3 is 2.53 bits per heavy atom. The van der Waals surface area contributed by atoms with Crippen LogP contribution < -0.4 is 0 Å². The van der Waals surface area contributed by atoms with Gasteiger partial charge in [-0.15, -0.1) is 0 Å². The topological polar surface area (TPSA) is 72.8 Å². The molecule has 0 spiro atoms. The number of carbonyl (C=O) groups is 2. The first kappa shape index (κ1) is 14.3. The number of rotatable bonds is 5. The third kappa shape index (κ3) is 3.47. The zero-order valence-corrected chi connectivity index (χ0v) is 11.6. The Morgan fingerprint density at radius 2 is 2.05 bits per heavy atom. The standard InChI is InChI=1S/C14H22O5/c1-14(2)18-11(13(17)19-14)10(12(15)16)8-7-9-5-3-4-6-9/h9-11H,3-8H2,1-2H3,(H,15,16)/t10-,11+/m1/s1. The van der Waals surface area contributed by atoms with Gasteiger partial charge in [0.2, 0.25) is 5.79 Å². The fraction of sp³-hybridized carbons (Fsp3) is 0.857. The summed E-state index contributed by atoms with van der Waals surface area (Å²) in [6.07, 6.45) is 5.19. The highest BCUT2D eigenvalue weighted by molar-refractivity contribution is 5.84. The minimum Gasteiger partial charge on any atom is -0.481 e.